The summed E-state index contributed by atoms with van der Waals surface area (Å²) in [4.78, 5) is 2.41. The molecule has 82 valence electrons. The summed E-state index contributed by atoms with van der Waals surface area (Å²) in [6, 6.07) is 0. The Morgan fingerprint density at radius 3 is 2.50 bits per heavy atom. The number of ether oxygens (including phenoxy) is 1. The molecule has 1 unspecified atom stereocenters. The van der Waals surface area contributed by atoms with Crippen LogP contribution in [0.2, 0.25) is 0 Å². The predicted molar refractivity (Wildman–Crippen MR) is 56.0 cm³/mol. The first-order valence-electron chi connectivity index (χ1n) is 5.66. The normalized spacial score (nSPS) is 28.9. The SMILES string of the molecule is NC(C1CCOCC1)N1CCNCC1. The van der Waals surface area contributed by atoms with Crippen LogP contribution >= 0.6 is 0 Å². The molecule has 0 aliphatic carbocycles. The van der Waals surface area contributed by atoms with Crippen LogP contribution in [0.25, 0.3) is 0 Å². The van der Waals surface area contributed by atoms with Crippen molar-refractivity contribution in [1.82, 2.24) is 10.2 Å². The minimum atomic E-state index is 0.251. The van der Waals surface area contributed by atoms with Crippen molar-refractivity contribution in [3.05, 3.63) is 0 Å². The summed E-state index contributed by atoms with van der Waals surface area (Å²) in [6.07, 6.45) is 2.51. The van der Waals surface area contributed by atoms with E-state index in [9.17, 15) is 0 Å². The molecule has 0 spiro atoms. The first-order valence-corrected chi connectivity index (χ1v) is 5.66. The molecule has 1 atom stereocenters. The monoisotopic (exact) mass is 199 g/mol. The highest BCUT2D eigenvalue weighted by molar-refractivity contribution is 4.79. The minimum absolute atomic E-state index is 0.251. The van der Waals surface area contributed by atoms with Crippen LogP contribution in [-0.4, -0.2) is 50.5 Å². The molecule has 2 aliphatic heterocycles. The molecule has 0 radical (unpaired) electrons. The topological polar surface area (TPSA) is 50.5 Å². The molecule has 0 bridgehead atoms. The Labute approximate surface area is 85.8 Å². The molecule has 0 aromatic rings. The first kappa shape index (κ1) is 10.4. The smallest absolute Gasteiger partial charge is 0.0603 e. The van der Waals surface area contributed by atoms with E-state index in [0.717, 1.165) is 52.2 Å². The van der Waals surface area contributed by atoms with Crippen LogP contribution in [0.1, 0.15) is 12.8 Å². The molecule has 4 heteroatoms. The Hall–Kier alpha value is -0.160. The standard InChI is InChI=1S/C10H21N3O/c11-10(9-1-7-14-8-2-9)13-5-3-12-4-6-13/h9-10,12H,1-8,11H2. The third kappa shape index (κ3) is 2.45. The van der Waals surface area contributed by atoms with Crippen molar-refractivity contribution >= 4 is 0 Å². The number of rotatable bonds is 2. The molecule has 2 heterocycles. The second-order valence-corrected chi connectivity index (χ2v) is 4.23. The zero-order valence-electron chi connectivity index (χ0n) is 8.74. The third-order valence-corrected chi connectivity index (χ3v) is 3.32. The summed E-state index contributed by atoms with van der Waals surface area (Å²) in [7, 11) is 0. The second kappa shape index (κ2) is 5.07. The van der Waals surface area contributed by atoms with E-state index < -0.39 is 0 Å². The van der Waals surface area contributed by atoms with Crippen LogP contribution in [-0.2, 0) is 4.74 Å². The minimum Gasteiger partial charge on any atom is -0.381 e. The van der Waals surface area contributed by atoms with Gasteiger partial charge in [0.25, 0.3) is 0 Å². The predicted octanol–water partition coefficient (Wildman–Crippen LogP) is -0.397. The van der Waals surface area contributed by atoms with E-state index in [4.69, 9.17) is 10.5 Å². The van der Waals surface area contributed by atoms with Gasteiger partial charge in [-0.3, -0.25) is 4.90 Å². The van der Waals surface area contributed by atoms with E-state index in [1.54, 1.807) is 0 Å². The molecule has 0 saturated carbocycles. The van der Waals surface area contributed by atoms with Gasteiger partial charge >= 0.3 is 0 Å². The molecule has 2 saturated heterocycles. The highest BCUT2D eigenvalue weighted by Crippen LogP contribution is 2.19. The van der Waals surface area contributed by atoms with Crippen LogP contribution in [0, 0.1) is 5.92 Å². The van der Waals surface area contributed by atoms with Crippen LogP contribution in [0.4, 0.5) is 0 Å². The van der Waals surface area contributed by atoms with Gasteiger partial charge in [-0.15, -0.1) is 0 Å². The van der Waals surface area contributed by atoms with Gasteiger partial charge in [0.1, 0.15) is 0 Å². The highest BCUT2D eigenvalue weighted by atomic mass is 16.5. The van der Waals surface area contributed by atoms with Crippen molar-refractivity contribution in [2.45, 2.75) is 19.0 Å². The summed E-state index contributed by atoms with van der Waals surface area (Å²) >= 11 is 0. The molecule has 14 heavy (non-hydrogen) atoms. The van der Waals surface area contributed by atoms with E-state index in [1.165, 1.54) is 0 Å². The molecular weight excluding hydrogens is 178 g/mol. The maximum absolute atomic E-state index is 6.27. The van der Waals surface area contributed by atoms with Crippen LogP contribution < -0.4 is 11.1 Å². The average Bonchev–Trinajstić information content (AvgIpc) is 2.30. The fourth-order valence-electron chi connectivity index (χ4n) is 2.34. The van der Waals surface area contributed by atoms with Gasteiger partial charge in [-0.05, 0) is 18.8 Å². The van der Waals surface area contributed by atoms with Crippen molar-refractivity contribution in [2.75, 3.05) is 39.4 Å². The quantitative estimate of drug-likeness (QED) is 0.635. The van der Waals surface area contributed by atoms with E-state index in [2.05, 4.69) is 10.2 Å². The van der Waals surface area contributed by atoms with E-state index >= 15 is 0 Å². The second-order valence-electron chi connectivity index (χ2n) is 4.23. The molecule has 4 nitrogen and oxygen atoms in total. The van der Waals surface area contributed by atoms with E-state index in [1.807, 2.05) is 0 Å². The largest absolute Gasteiger partial charge is 0.381 e. The molecule has 3 N–H and O–H groups in total. The Morgan fingerprint density at radius 1 is 1.21 bits per heavy atom. The molecule has 2 aliphatic rings. The van der Waals surface area contributed by atoms with Crippen LogP contribution in [0.5, 0.6) is 0 Å². The van der Waals surface area contributed by atoms with Crippen LogP contribution in [0.3, 0.4) is 0 Å². The lowest BCUT2D eigenvalue weighted by Gasteiger charge is -2.38. The van der Waals surface area contributed by atoms with Crippen LogP contribution in [0.15, 0.2) is 0 Å². The summed E-state index contributed by atoms with van der Waals surface area (Å²) in [5, 5.41) is 3.35. The number of piperazine rings is 1. The average molecular weight is 199 g/mol. The van der Waals surface area contributed by atoms with Gasteiger partial charge in [-0.1, -0.05) is 0 Å². The Morgan fingerprint density at radius 2 is 1.86 bits per heavy atom. The number of hydrogen-bond acceptors (Lipinski definition) is 4. The third-order valence-electron chi connectivity index (χ3n) is 3.32. The molecule has 2 fully saturated rings. The Bertz CT molecular complexity index is 147. The summed E-state index contributed by atoms with van der Waals surface area (Å²) in [5.41, 5.74) is 6.27. The Kier molecular flexibility index (Phi) is 3.75. The summed E-state index contributed by atoms with van der Waals surface area (Å²) in [5.74, 6) is 0.641. The van der Waals surface area contributed by atoms with Crippen molar-refractivity contribution in [3.63, 3.8) is 0 Å². The molecule has 2 rings (SSSR count). The maximum atomic E-state index is 6.27. The van der Waals surface area contributed by atoms with Gasteiger partial charge in [-0.25, -0.2) is 0 Å². The summed E-state index contributed by atoms with van der Waals surface area (Å²) < 4.78 is 5.35. The zero-order valence-corrected chi connectivity index (χ0v) is 8.74. The number of nitrogens with two attached hydrogens (primary N) is 1. The molecular formula is C10H21N3O. The zero-order chi connectivity index (χ0) is 9.80. The lowest BCUT2D eigenvalue weighted by atomic mass is 9.96. The van der Waals surface area contributed by atoms with Crippen molar-refractivity contribution in [2.24, 2.45) is 11.7 Å². The van der Waals surface area contributed by atoms with Crippen molar-refractivity contribution in [1.29, 1.82) is 0 Å². The first-order chi connectivity index (χ1) is 6.88. The van der Waals surface area contributed by atoms with E-state index in [-0.39, 0.29) is 6.17 Å². The lowest BCUT2D eigenvalue weighted by Crippen LogP contribution is -2.55. The van der Waals surface area contributed by atoms with E-state index in [0.29, 0.717) is 5.92 Å². The van der Waals surface area contributed by atoms with Gasteiger partial charge in [0.05, 0.1) is 6.17 Å². The van der Waals surface area contributed by atoms with Crippen molar-refractivity contribution in [3.8, 4) is 0 Å². The van der Waals surface area contributed by atoms with Gasteiger partial charge in [0.2, 0.25) is 0 Å². The fraction of sp³-hybridized carbons (Fsp3) is 1.00. The van der Waals surface area contributed by atoms with Gasteiger partial charge in [0, 0.05) is 39.4 Å². The van der Waals surface area contributed by atoms with Gasteiger partial charge in [0.15, 0.2) is 0 Å². The molecule has 0 aromatic carbocycles. The number of hydrogen-bond donors (Lipinski definition) is 2. The Balaban J connectivity index is 1.82. The molecule has 0 amide bonds. The fourth-order valence-corrected chi connectivity index (χ4v) is 2.34. The summed E-state index contributed by atoms with van der Waals surface area (Å²) in [6.45, 7) is 6.14. The van der Waals surface area contributed by atoms with Gasteiger partial charge < -0.3 is 15.8 Å². The maximum Gasteiger partial charge on any atom is 0.0603 e. The number of nitrogens with one attached hydrogen (secondary N) is 1. The molecule has 0 aromatic heterocycles. The highest BCUT2D eigenvalue weighted by Gasteiger charge is 2.26. The van der Waals surface area contributed by atoms with Crippen molar-refractivity contribution < 1.29 is 4.74 Å². The van der Waals surface area contributed by atoms with Gasteiger partial charge in [-0.2, -0.15) is 0 Å². The lowest BCUT2D eigenvalue weighted by molar-refractivity contribution is 0.0238. The number of nitrogens with zero attached hydrogens (tertiary/aromatic N) is 1.